The number of morpholine rings is 1. The highest BCUT2D eigenvalue weighted by Gasteiger charge is 2.18. The molecule has 1 aliphatic heterocycles. The van der Waals surface area contributed by atoms with Gasteiger partial charge in [0.25, 0.3) is 10.0 Å². The van der Waals surface area contributed by atoms with Crippen LogP contribution < -0.4 is 9.62 Å². The Labute approximate surface area is 127 Å². The van der Waals surface area contributed by atoms with Gasteiger partial charge in [-0.3, -0.25) is 9.82 Å². The lowest BCUT2D eigenvalue weighted by molar-refractivity contribution is 0.122. The fourth-order valence-corrected chi connectivity index (χ4v) is 3.18. The molecule has 1 aliphatic rings. The Kier molecular flexibility index (Phi) is 3.99. The van der Waals surface area contributed by atoms with Crippen LogP contribution in [0.5, 0.6) is 0 Å². The molecule has 1 saturated heterocycles. The molecule has 1 aromatic carbocycles. The molecule has 118 valence electrons. The number of benzene rings is 1. The topological polar surface area (TPSA) is 87.3 Å². The van der Waals surface area contributed by atoms with Gasteiger partial charge < -0.3 is 9.64 Å². The third kappa shape index (κ3) is 3.20. The zero-order chi connectivity index (χ0) is 15.6. The summed E-state index contributed by atoms with van der Waals surface area (Å²) in [5, 5.41) is 6.03. The van der Waals surface area contributed by atoms with E-state index in [1.807, 2.05) is 4.90 Å². The van der Waals surface area contributed by atoms with Gasteiger partial charge in [-0.2, -0.15) is 5.10 Å². The molecule has 1 aromatic heterocycles. The smallest absolute Gasteiger partial charge is 0.265 e. The Bertz CT molecular complexity index is 743. The molecule has 0 bridgehead atoms. The minimum absolute atomic E-state index is 0.00955. The summed E-state index contributed by atoms with van der Waals surface area (Å²) in [6.45, 7) is 2.40. The SMILES string of the molecule is O=S(=O)(Nc1cc(F)cc(N2CCOCC2)c1)c1cn[nH]c1. The number of halogens is 1. The predicted molar refractivity (Wildman–Crippen MR) is 78.8 cm³/mol. The zero-order valence-corrected chi connectivity index (χ0v) is 12.4. The van der Waals surface area contributed by atoms with E-state index >= 15 is 0 Å². The van der Waals surface area contributed by atoms with E-state index in [9.17, 15) is 12.8 Å². The van der Waals surface area contributed by atoms with E-state index in [0.29, 0.717) is 32.0 Å². The van der Waals surface area contributed by atoms with Crippen molar-refractivity contribution in [3.8, 4) is 0 Å². The first-order chi connectivity index (χ1) is 10.5. The number of H-pyrrole nitrogens is 1. The van der Waals surface area contributed by atoms with Crippen molar-refractivity contribution in [2.45, 2.75) is 4.90 Å². The number of anilines is 2. The molecule has 0 aliphatic carbocycles. The van der Waals surface area contributed by atoms with E-state index in [4.69, 9.17) is 4.74 Å². The van der Waals surface area contributed by atoms with Gasteiger partial charge in [0.1, 0.15) is 10.7 Å². The second-order valence-electron chi connectivity index (χ2n) is 4.84. The maximum Gasteiger partial charge on any atom is 0.265 e. The number of aromatic amines is 1. The standard InChI is InChI=1S/C13H15FN4O3S/c14-10-5-11(17-22(19,20)13-8-15-16-9-13)7-12(6-10)18-1-3-21-4-2-18/h5-9,17H,1-4H2,(H,15,16). The molecule has 0 unspecified atom stereocenters. The fourth-order valence-electron chi connectivity index (χ4n) is 2.24. The number of ether oxygens (including phenoxy) is 1. The lowest BCUT2D eigenvalue weighted by Crippen LogP contribution is -2.36. The van der Waals surface area contributed by atoms with E-state index < -0.39 is 15.8 Å². The molecule has 0 spiro atoms. The van der Waals surface area contributed by atoms with E-state index in [1.54, 1.807) is 6.07 Å². The largest absolute Gasteiger partial charge is 0.378 e. The van der Waals surface area contributed by atoms with Gasteiger partial charge in [0.05, 0.1) is 25.1 Å². The molecule has 0 saturated carbocycles. The predicted octanol–water partition coefficient (Wildman–Crippen LogP) is 1.19. The van der Waals surface area contributed by atoms with Crippen molar-refractivity contribution >= 4 is 21.4 Å². The molecule has 22 heavy (non-hydrogen) atoms. The highest BCUT2D eigenvalue weighted by Crippen LogP contribution is 2.24. The highest BCUT2D eigenvalue weighted by atomic mass is 32.2. The molecule has 1 fully saturated rings. The van der Waals surface area contributed by atoms with Crippen molar-refractivity contribution in [3.05, 3.63) is 36.4 Å². The summed E-state index contributed by atoms with van der Waals surface area (Å²) in [5.41, 5.74) is 0.788. The molecular formula is C13H15FN4O3S. The Morgan fingerprint density at radius 3 is 2.73 bits per heavy atom. The van der Waals surface area contributed by atoms with Gasteiger partial charge in [-0.1, -0.05) is 0 Å². The van der Waals surface area contributed by atoms with Crippen molar-refractivity contribution < 1.29 is 17.5 Å². The van der Waals surface area contributed by atoms with Gasteiger partial charge in [0.15, 0.2) is 0 Å². The van der Waals surface area contributed by atoms with Crippen LogP contribution in [0.2, 0.25) is 0 Å². The summed E-state index contributed by atoms with van der Waals surface area (Å²) in [5.74, 6) is -0.506. The molecule has 0 atom stereocenters. The van der Waals surface area contributed by atoms with Gasteiger partial charge in [-0.15, -0.1) is 0 Å². The Morgan fingerprint density at radius 2 is 2.05 bits per heavy atom. The van der Waals surface area contributed by atoms with Gasteiger partial charge in [-0.25, -0.2) is 12.8 Å². The molecule has 9 heteroatoms. The minimum atomic E-state index is -3.79. The molecule has 7 nitrogen and oxygen atoms in total. The molecule has 2 heterocycles. The molecule has 2 N–H and O–H groups in total. The first kappa shape index (κ1) is 14.8. The number of hydrogen-bond donors (Lipinski definition) is 2. The first-order valence-electron chi connectivity index (χ1n) is 6.69. The number of hydrogen-bond acceptors (Lipinski definition) is 5. The molecule has 0 amide bonds. The van der Waals surface area contributed by atoms with Crippen LogP contribution in [0.25, 0.3) is 0 Å². The summed E-state index contributed by atoms with van der Waals surface area (Å²) < 4.78 is 45.7. The number of sulfonamides is 1. The number of rotatable bonds is 4. The normalized spacial score (nSPS) is 15.8. The van der Waals surface area contributed by atoms with Crippen molar-refractivity contribution in [1.82, 2.24) is 10.2 Å². The summed E-state index contributed by atoms with van der Waals surface area (Å²) in [4.78, 5) is 1.94. The number of nitrogens with one attached hydrogen (secondary N) is 2. The fraction of sp³-hybridized carbons (Fsp3) is 0.308. The van der Waals surface area contributed by atoms with Crippen molar-refractivity contribution in [2.24, 2.45) is 0 Å². The van der Waals surface area contributed by atoms with Crippen LogP contribution in [0.4, 0.5) is 15.8 Å². The average molecular weight is 326 g/mol. The van der Waals surface area contributed by atoms with Crippen LogP contribution in [0.15, 0.2) is 35.5 Å². The third-order valence-electron chi connectivity index (χ3n) is 3.29. The molecule has 2 aromatic rings. The van der Waals surface area contributed by atoms with Gasteiger partial charge in [-0.05, 0) is 18.2 Å². The van der Waals surface area contributed by atoms with Crippen molar-refractivity contribution in [2.75, 3.05) is 35.9 Å². The first-order valence-corrected chi connectivity index (χ1v) is 8.18. The van der Waals surface area contributed by atoms with Crippen LogP contribution in [0.1, 0.15) is 0 Å². The highest BCUT2D eigenvalue weighted by molar-refractivity contribution is 7.92. The number of nitrogens with zero attached hydrogens (tertiary/aromatic N) is 2. The lowest BCUT2D eigenvalue weighted by Gasteiger charge is -2.29. The Balaban J connectivity index is 1.86. The van der Waals surface area contributed by atoms with E-state index in [-0.39, 0.29) is 10.6 Å². The lowest BCUT2D eigenvalue weighted by atomic mass is 10.2. The van der Waals surface area contributed by atoms with Crippen LogP contribution >= 0.6 is 0 Å². The Hall–Kier alpha value is -2.13. The van der Waals surface area contributed by atoms with Gasteiger partial charge in [0.2, 0.25) is 0 Å². The summed E-state index contributed by atoms with van der Waals surface area (Å²) in [6.07, 6.45) is 2.44. The van der Waals surface area contributed by atoms with E-state index in [0.717, 1.165) is 6.07 Å². The maximum absolute atomic E-state index is 13.8. The maximum atomic E-state index is 13.8. The molecule has 3 rings (SSSR count). The van der Waals surface area contributed by atoms with Crippen LogP contribution in [0, 0.1) is 5.82 Å². The van der Waals surface area contributed by atoms with Gasteiger partial charge >= 0.3 is 0 Å². The molecule has 0 radical (unpaired) electrons. The van der Waals surface area contributed by atoms with Crippen molar-refractivity contribution in [3.63, 3.8) is 0 Å². The monoisotopic (exact) mass is 326 g/mol. The van der Waals surface area contributed by atoms with E-state index in [1.165, 1.54) is 18.5 Å². The second kappa shape index (κ2) is 5.93. The van der Waals surface area contributed by atoms with Crippen molar-refractivity contribution in [1.29, 1.82) is 0 Å². The quantitative estimate of drug-likeness (QED) is 0.881. The van der Waals surface area contributed by atoms with E-state index in [2.05, 4.69) is 14.9 Å². The van der Waals surface area contributed by atoms with Gasteiger partial charge in [0, 0.05) is 25.0 Å². The Morgan fingerprint density at radius 1 is 1.27 bits per heavy atom. The third-order valence-corrected chi connectivity index (χ3v) is 4.64. The molecular weight excluding hydrogens is 311 g/mol. The minimum Gasteiger partial charge on any atom is -0.378 e. The number of aromatic nitrogens is 2. The average Bonchev–Trinajstić information content (AvgIpc) is 3.02. The second-order valence-corrected chi connectivity index (χ2v) is 6.52. The van der Waals surface area contributed by atoms with Crippen LogP contribution in [-0.2, 0) is 14.8 Å². The summed E-state index contributed by atoms with van der Waals surface area (Å²) in [7, 11) is -3.79. The summed E-state index contributed by atoms with van der Waals surface area (Å²) >= 11 is 0. The van der Waals surface area contributed by atoms with Crippen LogP contribution in [-0.4, -0.2) is 44.9 Å². The van der Waals surface area contributed by atoms with Crippen LogP contribution in [0.3, 0.4) is 0 Å². The summed E-state index contributed by atoms with van der Waals surface area (Å²) in [6, 6.07) is 4.12. The zero-order valence-electron chi connectivity index (χ0n) is 11.6.